The van der Waals surface area contributed by atoms with Gasteiger partial charge in [-0.05, 0) is 42.2 Å². The Kier molecular flexibility index (Phi) is 5.11. The number of halogens is 1. The molecule has 26 heavy (non-hydrogen) atoms. The highest BCUT2D eigenvalue weighted by Crippen LogP contribution is 2.23. The summed E-state index contributed by atoms with van der Waals surface area (Å²) < 4.78 is 14.6. The van der Waals surface area contributed by atoms with Gasteiger partial charge < -0.3 is 5.32 Å². The minimum absolute atomic E-state index is 0.114. The topological polar surface area (TPSA) is 59.8 Å². The van der Waals surface area contributed by atoms with E-state index in [4.69, 9.17) is 0 Å². The molecule has 134 valence electrons. The summed E-state index contributed by atoms with van der Waals surface area (Å²) in [5.74, 6) is 0.414. The van der Waals surface area contributed by atoms with E-state index in [1.54, 1.807) is 16.8 Å². The van der Waals surface area contributed by atoms with Gasteiger partial charge in [-0.2, -0.15) is 0 Å². The minimum atomic E-state index is -0.363. The fourth-order valence-electron chi connectivity index (χ4n) is 2.75. The Hall–Kier alpha value is -3.02. The number of aromatic nitrogens is 3. The Balaban J connectivity index is 1.79. The molecule has 1 heterocycles. The Morgan fingerprint density at radius 2 is 1.85 bits per heavy atom. The number of aryl methyl sites for hydroxylation is 1. The number of para-hydroxylation sites is 1. The Morgan fingerprint density at radius 3 is 2.54 bits per heavy atom. The number of benzene rings is 2. The second-order valence-electron chi connectivity index (χ2n) is 6.42. The smallest absolute Gasteiger partial charge is 0.291 e. The largest absolute Gasteiger partial charge is 0.345 e. The molecule has 1 N–H and O–H groups in total. The van der Waals surface area contributed by atoms with Crippen LogP contribution >= 0.6 is 0 Å². The molecule has 0 radical (unpaired) electrons. The number of carbonyl (C=O) groups excluding carboxylic acids is 1. The SMILES string of the molecule is Cc1nc(C(=O)NCc2ccc(F)cc2)nn1-c1ccccc1C(C)C. The fourth-order valence-corrected chi connectivity index (χ4v) is 2.75. The molecular formula is C20H21FN4O. The maximum absolute atomic E-state index is 12.9. The average Bonchev–Trinajstić information content (AvgIpc) is 3.02. The quantitative estimate of drug-likeness (QED) is 0.760. The summed E-state index contributed by atoms with van der Waals surface area (Å²) in [6.45, 7) is 6.33. The van der Waals surface area contributed by atoms with E-state index in [-0.39, 0.29) is 24.1 Å². The molecule has 0 spiro atoms. The van der Waals surface area contributed by atoms with E-state index in [0.29, 0.717) is 11.7 Å². The van der Waals surface area contributed by atoms with Crippen molar-refractivity contribution in [2.24, 2.45) is 0 Å². The molecule has 0 saturated carbocycles. The lowest BCUT2D eigenvalue weighted by Crippen LogP contribution is -2.24. The van der Waals surface area contributed by atoms with Crippen LogP contribution in [0.3, 0.4) is 0 Å². The summed E-state index contributed by atoms with van der Waals surface area (Å²) in [6.07, 6.45) is 0. The van der Waals surface area contributed by atoms with Crippen LogP contribution in [-0.2, 0) is 6.54 Å². The number of rotatable bonds is 5. The fraction of sp³-hybridized carbons (Fsp3) is 0.250. The summed E-state index contributed by atoms with van der Waals surface area (Å²) in [4.78, 5) is 16.7. The van der Waals surface area contributed by atoms with E-state index in [9.17, 15) is 9.18 Å². The van der Waals surface area contributed by atoms with Gasteiger partial charge in [-0.25, -0.2) is 14.1 Å². The molecule has 6 heteroatoms. The molecule has 0 atom stereocenters. The van der Waals surface area contributed by atoms with Crippen molar-refractivity contribution in [3.8, 4) is 5.69 Å². The second kappa shape index (κ2) is 7.47. The van der Waals surface area contributed by atoms with Crippen LogP contribution in [0.5, 0.6) is 0 Å². The molecule has 1 amide bonds. The summed E-state index contributed by atoms with van der Waals surface area (Å²) >= 11 is 0. The molecule has 1 aromatic heterocycles. The van der Waals surface area contributed by atoms with Gasteiger partial charge in [0.2, 0.25) is 5.82 Å². The van der Waals surface area contributed by atoms with Gasteiger partial charge in [-0.1, -0.05) is 44.2 Å². The van der Waals surface area contributed by atoms with Crippen molar-refractivity contribution in [1.29, 1.82) is 0 Å². The van der Waals surface area contributed by atoms with Gasteiger partial charge in [0.15, 0.2) is 0 Å². The third-order valence-electron chi connectivity index (χ3n) is 4.13. The van der Waals surface area contributed by atoms with E-state index in [1.165, 1.54) is 12.1 Å². The van der Waals surface area contributed by atoms with Crippen LogP contribution in [0.4, 0.5) is 4.39 Å². The van der Waals surface area contributed by atoms with Gasteiger partial charge in [0.1, 0.15) is 11.6 Å². The van der Waals surface area contributed by atoms with Gasteiger partial charge in [0.05, 0.1) is 5.69 Å². The first kappa shape index (κ1) is 17.8. The van der Waals surface area contributed by atoms with Crippen molar-refractivity contribution in [3.63, 3.8) is 0 Å². The predicted octanol–water partition coefficient (Wildman–Crippen LogP) is 3.77. The molecule has 0 aliphatic heterocycles. The van der Waals surface area contributed by atoms with Crippen LogP contribution in [-0.4, -0.2) is 20.7 Å². The van der Waals surface area contributed by atoms with Crippen molar-refractivity contribution in [2.45, 2.75) is 33.2 Å². The molecule has 0 fully saturated rings. The van der Waals surface area contributed by atoms with Crippen LogP contribution in [0.2, 0.25) is 0 Å². The third-order valence-corrected chi connectivity index (χ3v) is 4.13. The van der Waals surface area contributed by atoms with Crippen molar-refractivity contribution >= 4 is 5.91 Å². The van der Waals surface area contributed by atoms with Crippen molar-refractivity contribution in [1.82, 2.24) is 20.1 Å². The maximum Gasteiger partial charge on any atom is 0.291 e. The highest BCUT2D eigenvalue weighted by Gasteiger charge is 2.17. The first-order chi connectivity index (χ1) is 12.5. The lowest BCUT2D eigenvalue weighted by molar-refractivity contribution is 0.0940. The molecule has 0 aliphatic rings. The van der Waals surface area contributed by atoms with E-state index in [1.807, 2.05) is 25.1 Å². The van der Waals surface area contributed by atoms with Gasteiger partial charge in [0.25, 0.3) is 5.91 Å². The van der Waals surface area contributed by atoms with Gasteiger partial charge in [-0.15, -0.1) is 5.10 Å². The zero-order chi connectivity index (χ0) is 18.7. The third kappa shape index (κ3) is 3.79. The summed E-state index contributed by atoms with van der Waals surface area (Å²) in [5.41, 5.74) is 2.87. The highest BCUT2D eigenvalue weighted by molar-refractivity contribution is 5.90. The predicted molar refractivity (Wildman–Crippen MR) is 97.8 cm³/mol. The van der Waals surface area contributed by atoms with E-state index < -0.39 is 0 Å². The maximum atomic E-state index is 12.9. The lowest BCUT2D eigenvalue weighted by atomic mass is 10.0. The van der Waals surface area contributed by atoms with Crippen LogP contribution in [0.25, 0.3) is 5.69 Å². The Labute approximate surface area is 151 Å². The number of hydrogen-bond acceptors (Lipinski definition) is 3. The van der Waals surface area contributed by atoms with Crippen LogP contribution in [0.1, 0.15) is 47.3 Å². The first-order valence-electron chi connectivity index (χ1n) is 8.51. The zero-order valence-corrected chi connectivity index (χ0v) is 15.0. The molecule has 0 aliphatic carbocycles. The molecule has 0 unspecified atom stereocenters. The molecular weight excluding hydrogens is 331 g/mol. The van der Waals surface area contributed by atoms with Crippen LogP contribution in [0, 0.1) is 12.7 Å². The van der Waals surface area contributed by atoms with Crippen LogP contribution < -0.4 is 5.32 Å². The average molecular weight is 352 g/mol. The summed E-state index contributed by atoms with van der Waals surface area (Å²) in [5, 5.41) is 7.15. The Morgan fingerprint density at radius 1 is 1.15 bits per heavy atom. The van der Waals surface area contributed by atoms with Crippen molar-refractivity contribution in [2.75, 3.05) is 0 Å². The number of nitrogens with one attached hydrogen (secondary N) is 1. The minimum Gasteiger partial charge on any atom is -0.345 e. The summed E-state index contributed by atoms with van der Waals surface area (Å²) in [7, 11) is 0. The van der Waals surface area contributed by atoms with Crippen molar-refractivity contribution in [3.05, 3.63) is 77.1 Å². The normalized spacial score (nSPS) is 11.0. The Bertz CT molecular complexity index is 916. The van der Waals surface area contributed by atoms with Crippen LogP contribution in [0.15, 0.2) is 48.5 Å². The van der Waals surface area contributed by atoms with E-state index in [0.717, 1.165) is 16.8 Å². The molecule has 5 nitrogen and oxygen atoms in total. The standard InChI is InChI=1S/C20H21FN4O/c1-13(2)17-6-4-5-7-18(17)25-14(3)23-19(24-25)20(26)22-12-15-8-10-16(21)11-9-15/h4-11,13H,12H2,1-3H3,(H,22,26). The first-order valence-corrected chi connectivity index (χ1v) is 8.51. The monoisotopic (exact) mass is 352 g/mol. The van der Waals surface area contributed by atoms with E-state index in [2.05, 4.69) is 35.3 Å². The second-order valence-corrected chi connectivity index (χ2v) is 6.42. The molecule has 3 rings (SSSR count). The highest BCUT2D eigenvalue weighted by atomic mass is 19.1. The van der Waals surface area contributed by atoms with Gasteiger partial charge in [0, 0.05) is 6.54 Å². The molecule has 3 aromatic rings. The molecule has 0 bridgehead atoms. The lowest BCUT2D eigenvalue weighted by Gasteiger charge is -2.12. The van der Waals surface area contributed by atoms with Crippen molar-refractivity contribution < 1.29 is 9.18 Å². The number of hydrogen-bond donors (Lipinski definition) is 1. The number of amides is 1. The summed E-state index contributed by atoms with van der Waals surface area (Å²) in [6, 6.07) is 13.9. The molecule has 2 aromatic carbocycles. The number of nitrogens with zero attached hydrogens (tertiary/aromatic N) is 3. The zero-order valence-electron chi connectivity index (χ0n) is 15.0. The van der Waals surface area contributed by atoms with Gasteiger partial charge in [-0.3, -0.25) is 4.79 Å². The van der Waals surface area contributed by atoms with Gasteiger partial charge >= 0.3 is 0 Å². The molecule has 0 saturated heterocycles. The van der Waals surface area contributed by atoms with E-state index >= 15 is 0 Å². The number of carbonyl (C=O) groups is 1.